The summed E-state index contributed by atoms with van der Waals surface area (Å²) < 4.78 is 7.29. The molecule has 0 atom stereocenters. The third kappa shape index (κ3) is 2.46. The highest BCUT2D eigenvalue weighted by atomic mass is 16.5. The Morgan fingerprint density at radius 3 is 2.78 bits per heavy atom. The van der Waals surface area contributed by atoms with E-state index >= 15 is 0 Å². The second kappa shape index (κ2) is 5.35. The quantitative estimate of drug-likeness (QED) is 0.877. The fourth-order valence-corrected chi connectivity index (χ4v) is 2.24. The Kier molecular flexibility index (Phi) is 3.81. The van der Waals surface area contributed by atoms with Crippen LogP contribution in [0.4, 0.5) is 0 Å². The first-order valence-corrected chi connectivity index (χ1v) is 6.27. The molecule has 2 aromatic rings. The van der Waals surface area contributed by atoms with Gasteiger partial charge in [-0.2, -0.15) is 5.10 Å². The summed E-state index contributed by atoms with van der Waals surface area (Å²) in [6.45, 7) is 7.67. The molecule has 0 unspecified atom stereocenters. The Hall–Kier alpha value is -1.62. The van der Waals surface area contributed by atoms with Crippen LogP contribution in [0, 0.1) is 13.8 Å². The normalized spacial score (nSPS) is 11.1. The molecule has 0 aliphatic carbocycles. The average Bonchev–Trinajstić information content (AvgIpc) is 2.87. The highest BCUT2D eigenvalue weighted by Crippen LogP contribution is 2.15. The summed E-state index contributed by atoms with van der Waals surface area (Å²) in [6, 6.07) is 1.97. The van der Waals surface area contributed by atoms with Crippen molar-refractivity contribution in [3.63, 3.8) is 0 Å². The lowest BCUT2D eigenvalue weighted by Crippen LogP contribution is -2.05. The molecule has 0 radical (unpaired) electrons. The number of hydrogen-bond acceptors (Lipinski definition) is 4. The van der Waals surface area contributed by atoms with Crippen LogP contribution in [0.1, 0.15) is 35.3 Å². The monoisotopic (exact) mass is 248 g/mol. The van der Waals surface area contributed by atoms with Crippen molar-refractivity contribution in [2.75, 3.05) is 7.05 Å². The molecule has 5 heteroatoms. The van der Waals surface area contributed by atoms with Gasteiger partial charge in [0.15, 0.2) is 5.76 Å². The predicted octanol–water partition coefficient (Wildman–Crippen LogP) is 1.82. The molecular formula is C13H20N4O. The van der Waals surface area contributed by atoms with Crippen LogP contribution in [-0.2, 0) is 19.5 Å². The Labute approximate surface area is 107 Å². The van der Waals surface area contributed by atoms with Gasteiger partial charge in [0.2, 0.25) is 0 Å². The fourth-order valence-electron chi connectivity index (χ4n) is 2.24. The van der Waals surface area contributed by atoms with Gasteiger partial charge in [-0.1, -0.05) is 12.1 Å². The molecule has 0 aliphatic heterocycles. The summed E-state index contributed by atoms with van der Waals surface area (Å²) in [4.78, 5) is 0. The van der Waals surface area contributed by atoms with Crippen molar-refractivity contribution in [3.05, 3.63) is 34.5 Å². The van der Waals surface area contributed by atoms with Gasteiger partial charge in [-0.25, -0.2) is 0 Å². The number of hydrogen-bond donors (Lipinski definition) is 1. The van der Waals surface area contributed by atoms with Gasteiger partial charge in [-0.05, 0) is 32.9 Å². The van der Waals surface area contributed by atoms with E-state index in [1.807, 2.05) is 17.8 Å². The van der Waals surface area contributed by atoms with Crippen LogP contribution in [-0.4, -0.2) is 22.0 Å². The molecule has 0 aliphatic rings. The first-order valence-electron chi connectivity index (χ1n) is 6.27. The molecule has 0 fully saturated rings. The third-order valence-electron chi connectivity index (χ3n) is 3.16. The van der Waals surface area contributed by atoms with Crippen molar-refractivity contribution in [1.29, 1.82) is 0 Å². The van der Waals surface area contributed by atoms with Gasteiger partial charge in [0.05, 0.1) is 11.4 Å². The fraction of sp³-hybridized carbons (Fsp3) is 0.538. The minimum Gasteiger partial charge on any atom is -0.359 e. The third-order valence-corrected chi connectivity index (χ3v) is 3.16. The van der Waals surface area contributed by atoms with Gasteiger partial charge in [-0.15, -0.1) is 0 Å². The lowest BCUT2D eigenvalue weighted by Gasteiger charge is -2.01. The molecule has 0 aromatic carbocycles. The van der Waals surface area contributed by atoms with Crippen molar-refractivity contribution < 1.29 is 4.52 Å². The summed E-state index contributed by atoms with van der Waals surface area (Å²) >= 11 is 0. The number of rotatable bonds is 5. The number of nitrogens with one attached hydrogen (secondary N) is 1. The van der Waals surface area contributed by atoms with Gasteiger partial charge < -0.3 is 9.84 Å². The minimum absolute atomic E-state index is 0.642. The Morgan fingerprint density at radius 2 is 2.17 bits per heavy atom. The van der Waals surface area contributed by atoms with Gasteiger partial charge in [0, 0.05) is 18.3 Å². The van der Waals surface area contributed by atoms with Crippen LogP contribution in [0.15, 0.2) is 10.6 Å². The molecule has 2 rings (SSSR count). The van der Waals surface area contributed by atoms with Crippen molar-refractivity contribution in [2.45, 2.75) is 40.3 Å². The molecule has 2 aromatic heterocycles. The van der Waals surface area contributed by atoms with Crippen LogP contribution >= 0.6 is 0 Å². The second-order valence-electron chi connectivity index (χ2n) is 4.48. The van der Waals surface area contributed by atoms with Gasteiger partial charge in [0.25, 0.3) is 0 Å². The summed E-state index contributed by atoms with van der Waals surface area (Å²) in [6.07, 6.45) is 1.01. The Bertz CT molecular complexity index is 527. The van der Waals surface area contributed by atoms with Crippen molar-refractivity contribution in [1.82, 2.24) is 20.3 Å². The first kappa shape index (κ1) is 12.8. The van der Waals surface area contributed by atoms with Crippen LogP contribution in [0.25, 0.3) is 0 Å². The number of aromatic nitrogens is 3. The lowest BCUT2D eigenvalue weighted by atomic mass is 10.1. The second-order valence-corrected chi connectivity index (χ2v) is 4.48. The zero-order valence-corrected chi connectivity index (χ0v) is 11.4. The molecule has 5 nitrogen and oxygen atoms in total. The maximum absolute atomic E-state index is 5.31. The van der Waals surface area contributed by atoms with Gasteiger partial charge in [-0.3, -0.25) is 4.68 Å². The van der Waals surface area contributed by atoms with E-state index in [1.165, 1.54) is 11.3 Å². The highest BCUT2D eigenvalue weighted by molar-refractivity contribution is 5.24. The molecular weight excluding hydrogens is 228 g/mol. The van der Waals surface area contributed by atoms with E-state index in [0.29, 0.717) is 6.54 Å². The maximum atomic E-state index is 5.31. The van der Waals surface area contributed by atoms with Crippen LogP contribution in [0.5, 0.6) is 0 Å². The maximum Gasteiger partial charge on any atom is 0.158 e. The Morgan fingerprint density at radius 1 is 1.39 bits per heavy atom. The first-order chi connectivity index (χ1) is 8.65. The molecule has 0 saturated heterocycles. The Balaban J connectivity index is 2.17. The van der Waals surface area contributed by atoms with E-state index in [1.54, 1.807) is 0 Å². The van der Waals surface area contributed by atoms with E-state index in [-0.39, 0.29) is 0 Å². The molecule has 0 spiro atoms. The largest absolute Gasteiger partial charge is 0.359 e. The standard InChI is InChI=1S/C13H20N4O/c1-5-13-9(2)15-17(10(13)3)8-12-6-11(7-14-4)16-18-12/h6,14H,5,7-8H2,1-4H3. The van der Waals surface area contributed by atoms with Crippen molar-refractivity contribution in [3.8, 4) is 0 Å². The molecule has 18 heavy (non-hydrogen) atoms. The lowest BCUT2D eigenvalue weighted by molar-refractivity contribution is 0.364. The highest BCUT2D eigenvalue weighted by Gasteiger charge is 2.12. The van der Waals surface area contributed by atoms with Crippen molar-refractivity contribution in [2.24, 2.45) is 0 Å². The molecule has 2 heterocycles. The molecule has 0 saturated carbocycles. The SMILES string of the molecule is CCc1c(C)nn(Cc2cc(CNC)no2)c1C. The molecule has 0 amide bonds. The smallest absolute Gasteiger partial charge is 0.158 e. The zero-order valence-electron chi connectivity index (χ0n) is 11.4. The van der Waals surface area contributed by atoms with E-state index in [2.05, 4.69) is 36.3 Å². The van der Waals surface area contributed by atoms with Gasteiger partial charge >= 0.3 is 0 Å². The van der Waals surface area contributed by atoms with Crippen LogP contribution < -0.4 is 5.32 Å². The molecule has 0 bridgehead atoms. The van der Waals surface area contributed by atoms with Gasteiger partial charge in [0.1, 0.15) is 6.54 Å². The molecule has 98 valence electrons. The summed E-state index contributed by atoms with van der Waals surface area (Å²) in [7, 11) is 1.89. The van der Waals surface area contributed by atoms with E-state index in [4.69, 9.17) is 4.52 Å². The average molecular weight is 248 g/mol. The van der Waals surface area contributed by atoms with E-state index in [9.17, 15) is 0 Å². The van der Waals surface area contributed by atoms with E-state index in [0.717, 1.165) is 30.1 Å². The summed E-state index contributed by atoms with van der Waals surface area (Å²) in [5.74, 6) is 0.841. The minimum atomic E-state index is 0.642. The van der Waals surface area contributed by atoms with E-state index < -0.39 is 0 Å². The number of aryl methyl sites for hydroxylation is 1. The predicted molar refractivity (Wildman–Crippen MR) is 69.4 cm³/mol. The zero-order chi connectivity index (χ0) is 13.1. The number of nitrogens with zero attached hydrogens (tertiary/aromatic N) is 3. The summed E-state index contributed by atoms with van der Waals surface area (Å²) in [5, 5.41) is 11.6. The van der Waals surface area contributed by atoms with Crippen LogP contribution in [0.3, 0.4) is 0 Å². The van der Waals surface area contributed by atoms with Crippen LogP contribution in [0.2, 0.25) is 0 Å². The topological polar surface area (TPSA) is 55.9 Å². The molecule has 1 N–H and O–H groups in total. The van der Waals surface area contributed by atoms with Crippen molar-refractivity contribution >= 4 is 0 Å². The summed E-state index contributed by atoms with van der Waals surface area (Å²) in [5.41, 5.74) is 4.56.